The zero-order chi connectivity index (χ0) is 21.3. The molecule has 1 fully saturated rings. The van der Waals surface area contributed by atoms with E-state index in [1.54, 1.807) is 7.11 Å². The first-order chi connectivity index (χ1) is 14.5. The van der Waals surface area contributed by atoms with Gasteiger partial charge in [0.05, 0.1) is 13.2 Å². The maximum atomic E-state index is 12.6. The van der Waals surface area contributed by atoms with Crippen LogP contribution in [0.1, 0.15) is 49.8 Å². The summed E-state index contributed by atoms with van der Waals surface area (Å²) in [6.45, 7) is 2.47. The minimum atomic E-state index is -0.170. The minimum Gasteiger partial charge on any atom is -0.497 e. The highest BCUT2D eigenvalue weighted by Gasteiger charge is 2.27. The van der Waals surface area contributed by atoms with Crippen LogP contribution in [-0.2, 0) is 11.3 Å². The van der Waals surface area contributed by atoms with Gasteiger partial charge in [-0.2, -0.15) is 0 Å². The lowest BCUT2D eigenvalue weighted by molar-refractivity contribution is -0.126. The second-order valence-electron chi connectivity index (χ2n) is 7.86. The summed E-state index contributed by atoms with van der Waals surface area (Å²) >= 11 is 0. The van der Waals surface area contributed by atoms with Gasteiger partial charge in [0.1, 0.15) is 5.75 Å². The Hall–Kier alpha value is -3.02. The second-order valence-corrected chi connectivity index (χ2v) is 7.86. The van der Waals surface area contributed by atoms with Gasteiger partial charge in [-0.15, -0.1) is 0 Å². The highest BCUT2D eigenvalue weighted by atomic mass is 16.5. The van der Waals surface area contributed by atoms with E-state index in [9.17, 15) is 9.59 Å². The van der Waals surface area contributed by atoms with Gasteiger partial charge in [0.2, 0.25) is 5.91 Å². The zero-order valence-corrected chi connectivity index (χ0v) is 17.7. The predicted octanol–water partition coefficient (Wildman–Crippen LogP) is 3.93. The first-order valence-corrected chi connectivity index (χ1v) is 10.6. The van der Waals surface area contributed by atoms with Crippen molar-refractivity contribution in [3.63, 3.8) is 0 Å². The molecule has 1 atom stereocenters. The van der Waals surface area contributed by atoms with E-state index in [0.717, 1.165) is 42.6 Å². The van der Waals surface area contributed by atoms with Crippen LogP contribution in [0.5, 0.6) is 5.75 Å². The number of hydrogen-bond acceptors (Lipinski definition) is 3. The van der Waals surface area contributed by atoms with Crippen LogP contribution >= 0.6 is 0 Å². The summed E-state index contributed by atoms with van der Waals surface area (Å²) < 4.78 is 5.14. The van der Waals surface area contributed by atoms with E-state index in [1.807, 2.05) is 61.5 Å². The van der Waals surface area contributed by atoms with Gasteiger partial charge in [-0.05, 0) is 55.9 Å². The third kappa shape index (κ3) is 6.24. The lowest BCUT2D eigenvalue weighted by atomic mass is 9.85. The topological polar surface area (TPSA) is 79.5 Å². The summed E-state index contributed by atoms with van der Waals surface area (Å²) in [6, 6.07) is 17.5. The van der Waals surface area contributed by atoms with Gasteiger partial charge in [-0.25, -0.2) is 4.79 Å². The number of urea groups is 1. The number of amides is 3. The van der Waals surface area contributed by atoms with E-state index in [4.69, 9.17) is 4.74 Å². The number of hydrogen-bond donors (Lipinski definition) is 3. The molecule has 6 heteroatoms. The van der Waals surface area contributed by atoms with Crippen molar-refractivity contribution in [3.05, 3.63) is 65.7 Å². The van der Waals surface area contributed by atoms with Gasteiger partial charge in [-0.1, -0.05) is 42.5 Å². The van der Waals surface area contributed by atoms with Gasteiger partial charge in [0.15, 0.2) is 0 Å². The zero-order valence-electron chi connectivity index (χ0n) is 17.7. The predicted molar refractivity (Wildman–Crippen MR) is 117 cm³/mol. The molecule has 0 bridgehead atoms. The van der Waals surface area contributed by atoms with Crippen molar-refractivity contribution in [2.75, 3.05) is 7.11 Å². The van der Waals surface area contributed by atoms with Crippen LogP contribution in [0.4, 0.5) is 4.79 Å². The third-order valence-corrected chi connectivity index (χ3v) is 5.70. The van der Waals surface area contributed by atoms with Crippen LogP contribution in [0.25, 0.3) is 0 Å². The molecule has 0 spiro atoms. The molecule has 1 aliphatic carbocycles. The molecule has 3 rings (SSSR count). The Kier molecular flexibility index (Phi) is 7.71. The molecular weight excluding hydrogens is 378 g/mol. The highest BCUT2D eigenvalue weighted by Crippen LogP contribution is 2.25. The Labute approximate surface area is 178 Å². The molecule has 0 aliphatic heterocycles. The van der Waals surface area contributed by atoms with Crippen LogP contribution in [0, 0.1) is 5.92 Å². The molecule has 1 saturated carbocycles. The molecular formula is C24H31N3O3. The molecule has 0 radical (unpaired) electrons. The molecule has 2 aromatic carbocycles. The van der Waals surface area contributed by atoms with Crippen molar-refractivity contribution in [2.45, 2.75) is 51.2 Å². The summed E-state index contributed by atoms with van der Waals surface area (Å²) in [5.41, 5.74) is 2.12. The van der Waals surface area contributed by atoms with Gasteiger partial charge >= 0.3 is 6.03 Å². The molecule has 0 saturated heterocycles. The average molecular weight is 410 g/mol. The summed E-state index contributed by atoms with van der Waals surface area (Å²) in [6.07, 6.45) is 3.20. The molecule has 2 aromatic rings. The van der Waals surface area contributed by atoms with Crippen molar-refractivity contribution in [3.8, 4) is 5.75 Å². The number of carbonyl (C=O) groups is 2. The van der Waals surface area contributed by atoms with E-state index in [2.05, 4.69) is 16.0 Å². The van der Waals surface area contributed by atoms with Crippen LogP contribution in [0.15, 0.2) is 54.6 Å². The fraction of sp³-hybridized carbons (Fsp3) is 0.417. The van der Waals surface area contributed by atoms with Gasteiger partial charge in [0, 0.05) is 18.5 Å². The van der Waals surface area contributed by atoms with E-state index in [0.29, 0.717) is 6.54 Å². The largest absolute Gasteiger partial charge is 0.497 e. The molecule has 3 amide bonds. The summed E-state index contributed by atoms with van der Waals surface area (Å²) in [5.74, 6) is 0.910. The lowest BCUT2D eigenvalue weighted by Crippen LogP contribution is -2.45. The molecule has 30 heavy (non-hydrogen) atoms. The molecule has 6 nitrogen and oxygen atoms in total. The average Bonchev–Trinajstić information content (AvgIpc) is 2.79. The van der Waals surface area contributed by atoms with Crippen molar-refractivity contribution in [1.82, 2.24) is 16.0 Å². The Bertz CT molecular complexity index is 815. The van der Waals surface area contributed by atoms with Crippen LogP contribution in [-0.4, -0.2) is 25.1 Å². The number of carbonyl (C=O) groups excluding carboxylic acids is 2. The van der Waals surface area contributed by atoms with Crippen LogP contribution in [0.2, 0.25) is 0 Å². The molecule has 3 N–H and O–H groups in total. The number of nitrogens with one attached hydrogen (secondary N) is 3. The Morgan fingerprint density at radius 3 is 2.30 bits per heavy atom. The summed E-state index contributed by atoms with van der Waals surface area (Å²) in [7, 11) is 1.63. The molecule has 160 valence electrons. The Morgan fingerprint density at radius 1 is 1.00 bits per heavy atom. The maximum Gasteiger partial charge on any atom is 0.315 e. The normalized spacial score (nSPS) is 19.4. The third-order valence-electron chi connectivity index (χ3n) is 5.70. The van der Waals surface area contributed by atoms with Crippen LogP contribution < -0.4 is 20.7 Å². The van der Waals surface area contributed by atoms with Gasteiger partial charge in [-0.3, -0.25) is 4.79 Å². The Balaban J connectivity index is 1.37. The van der Waals surface area contributed by atoms with Crippen molar-refractivity contribution < 1.29 is 14.3 Å². The van der Waals surface area contributed by atoms with E-state index >= 15 is 0 Å². The second kappa shape index (κ2) is 10.7. The monoisotopic (exact) mass is 409 g/mol. The van der Waals surface area contributed by atoms with Crippen molar-refractivity contribution in [1.29, 1.82) is 0 Å². The highest BCUT2D eigenvalue weighted by molar-refractivity contribution is 5.79. The van der Waals surface area contributed by atoms with Crippen LogP contribution in [0.3, 0.4) is 0 Å². The summed E-state index contributed by atoms with van der Waals surface area (Å²) in [5, 5.41) is 9.04. The van der Waals surface area contributed by atoms with Gasteiger partial charge < -0.3 is 20.7 Å². The van der Waals surface area contributed by atoms with Crippen molar-refractivity contribution in [2.24, 2.45) is 5.92 Å². The SMILES string of the molecule is COc1ccc(CNC(=O)NC2CCC(C(=O)N[C@@H](C)c3ccccc3)CC2)cc1. The van der Waals surface area contributed by atoms with E-state index in [-0.39, 0.29) is 29.9 Å². The smallest absolute Gasteiger partial charge is 0.315 e. The van der Waals surface area contributed by atoms with E-state index in [1.165, 1.54) is 0 Å². The molecule has 1 aliphatic rings. The molecule has 0 aromatic heterocycles. The molecule has 0 heterocycles. The maximum absolute atomic E-state index is 12.6. The minimum absolute atomic E-state index is 0.00159. The standard InChI is InChI=1S/C24H31N3O3/c1-17(19-6-4-3-5-7-19)26-23(28)20-10-12-21(13-11-20)27-24(29)25-16-18-8-14-22(30-2)15-9-18/h3-9,14-15,17,20-21H,10-13,16H2,1-2H3,(H,26,28)(H2,25,27,29)/t17-,20?,21?/m0/s1. The first-order valence-electron chi connectivity index (χ1n) is 10.6. The lowest BCUT2D eigenvalue weighted by Gasteiger charge is -2.29. The van der Waals surface area contributed by atoms with Crippen molar-refractivity contribution >= 4 is 11.9 Å². The quantitative estimate of drug-likeness (QED) is 0.648. The number of rotatable bonds is 7. The number of ether oxygens (including phenoxy) is 1. The fourth-order valence-electron chi connectivity index (χ4n) is 3.82. The Morgan fingerprint density at radius 2 is 1.67 bits per heavy atom. The fourth-order valence-corrected chi connectivity index (χ4v) is 3.82. The first kappa shape index (κ1) is 21.7. The molecule has 0 unspecified atom stereocenters. The van der Waals surface area contributed by atoms with Gasteiger partial charge in [0.25, 0.3) is 0 Å². The summed E-state index contributed by atoms with van der Waals surface area (Å²) in [4.78, 5) is 24.8. The number of benzene rings is 2. The van der Waals surface area contributed by atoms with E-state index < -0.39 is 0 Å². The number of methoxy groups -OCH3 is 1.